The Labute approximate surface area is 167 Å². The zero-order valence-electron chi connectivity index (χ0n) is 17.2. The summed E-state index contributed by atoms with van der Waals surface area (Å²) in [6.45, 7) is 8.78. The number of aryl methyl sites for hydroxylation is 1. The van der Waals surface area contributed by atoms with E-state index in [0.717, 1.165) is 18.5 Å². The van der Waals surface area contributed by atoms with Crippen molar-refractivity contribution in [3.8, 4) is 0 Å². The van der Waals surface area contributed by atoms with Crippen LogP contribution in [-0.4, -0.2) is 63.4 Å². The Kier molecular flexibility index (Phi) is 5.02. The zero-order chi connectivity index (χ0) is 19.9. The molecule has 3 fully saturated rings. The van der Waals surface area contributed by atoms with Crippen LogP contribution in [0.3, 0.4) is 0 Å². The first-order valence-electron chi connectivity index (χ1n) is 10.6. The van der Waals surface area contributed by atoms with E-state index >= 15 is 0 Å². The van der Waals surface area contributed by atoms with Gasteiger partial charge in [-0.15, -0.1) is 0 Å². The number of carbonyl (C=O) groups excluding carboxylic acids is 2. The Hall–Kier alpha value is -2.18. The number of hydrogen-bond donors (Lipinski definition) is 0. The number of anilines is 1. The van der Waals surface area contributed by atoms with Gasteiger partial charge in [0.15, 0.2) is 0 Å². The number of aromatic nitrogens is 2. The molecule has 3 heterocycles. The molecule has 0 radical (unpaired) electrons. The summed E-state index contributed by atoms with van der Waals surface area (Å²) in [5.74, 6) is 1.56. The van der Waals surface area contributed by atoms with Crippen molar-refractivity contribution in [3.05, 3.63) is 18.0 Å². The van der Waals surface area contributed by atoms with Crippen LogP contribution in [0.2, 0.25) is 0 Å². The molecule has 1 aromatic rings. The molecule has 3 amide bonds. The first-order valence-corrected chi connectivity index (χ1v) is 10.6. The van der Waals surface area contributed by atoms with Gasteiger partial charge in [-0.05, 0) is 50.5 Å². The van der Waals surface area contributed by atoms with E-state index in [9.17, 15) is 9.59 Å². The normalized spacial score (nSPS) is 22.5. The lowest BCUT2D eigenvalue weighted by molar-refractivity contribution is -0.135. The van der Waals surface area contributed by atoms with Gasteiger partial charge in [0.1, 0.15) is 5.54 Å². The number of carbonyl (C=O) groups is 2. The number of imide groups is 1. The maximum atomic E-state index is 13.5. The lowest BCUT2D eigenvalue weighted by Gasteiger charge is -2.42. The lowest BCUT2D eigenvalue weighted by Crippen LogP contribution is -2.57. The van der Waals surface area contributed by atoms with Crippen molar-refractivity contribution in [1.82, 2.24) is 19.8 Å². The van der Waals surface area contributed by atoms with E-state index in [-0.39, 0.29) is 11.9 Å². The SMILES string of the molecule is Cc1ccnc(N2CCC3(CC2)C(=O)N(CC2CCC2)C(=O)N3CC(C)C)n1. The summed E-state index contributed by atoms with van der Waals surface area (Å²) in [5.41, 5.74) is 0.247. The maximum absolute atomic E-state index is 13.5. The third kappa shape index (κ3) is 3.25. The van der Waals surface area contributed by atoms with Gasteiger partial charge in [0, 0.05) is 38.1 Å². The number of hydrogen-bond acceptors (Lipinski definition) is 5. The molecule has 4 rings (SSSR count). The molecule has 0 unspecified atom stereocenters. The van der Waals surface area contributed by atoms with Gasteiger partial charge in [0.05, 0.1) is 0 Å². The van der Waals surface area contributed by atoms with Crippen molar-refractivity contribution in [3.63, 3.8) is 0 Å². The van der Waals surface area contributed by atoms with E-state index < -0.39 is 5.54 Å². The van der Waals surface area contributed by atoms with E-state index in [1.807, 2.05) is 17.9 Å². The third-order valence-electron chi connectivity index (χ3n) is 6.49. The molecule has 7 nitrogen and oxygen atoms in total. The molecule has 152 valence electrons. The van der Waals surface area contributed by atoms with Gasteiger partial charge < -0.3 is 9.80 Å². The number of nitrogens with zero attached hydrogens (tertiary/aromatic N) is 5. The molecule has 7 heteroatoms. The molecule has 0 bridgehead atoms. The van der Waals surface area contributed by atoms with Gasteiger partial charge in [-0.25, -0.2) is 14.8 Å². The van der Waals surface area contributed by atoms with Crippen LogP contribution in [0.25, 0.3) is 0 Å². The number of rotatable bonds is 5. The van der Waals surface area contributed by atoms with Gasteiger partial charge in [0.2, 0.25) is 5.95 Å². The largest absolute Gasteiger partial charge is 0.341 e. The number of urea groups is 1. The molecule has 3 aliphatic rings. The standard InChI is InChI=1S/C21H31N5O2/c1-15(2)13-26-20(28)25(14-17-5-4-6-17)18(27)21(26)8-11-24(12-9-21)19-22-10-7-16(3)23-19/h7,10,15,17H,4-6,8-9,11-14H2,1-3H3. The van der Waals surface area contributed by atoms with E-state index in [4.69, 9.17) is 0 Å². The van der Waals surface area contributed by atoms with Gasteiger partial charge >= 0.3 is 6.03 Å². The maximum Gasteiger partial charge on any atom is 0.327 e. The smallest absolute Gasteiger partial charge is 0.327 e. The average Bonchev–Trinajstić information content (AvgIpc) is 2.80. The Bertz CT molecular complexity index is 753. The highest BCUT2D eigenvalue weighted by Gasteiger charge is 2.58. The molecule has 2 aliphatic heterocycles. The summed E-state index contributed by atoms with van der Waals surface area (Å²) in [5, 5.41) is 0. The van der Waals surface area contributed by atoms with Crippen molar-refractivity contribution in [1.29, 1.82) is 0 Å². The predicted octanol–water partition coefficient (Wildman–Crippen LogP) is 2.84. The summed E-state index contributed by atoms with van der Waals surface area (Å²) >= 11 is 0. The molecular formula is C21H31N5O2. The highest BCUT2D eigenvalue weighted by Crippen LogP contribution is 2.40. The summed E-state index contributed by atoms with van der Waals surface area (Å²) in [6.07, 6.45) is 6.54. The fraction of sp³-hybridized carbons (Fsp3) is 0.714. The van der Waals surface area contributed by atoms with Crippen molar-refractivity contribution in [2.24, 2.45) is 11.8 Å². The third-order valence-corrected chi connectivity index (χ3v) is 6.49. The molecule has 0 N–H and O–H groups in total. The van der Waals surface area contributed by atoms with Crippen LogP contribution in [0.1, 0.15) is 51.6 Å². The van der Waals surface area contributed by atoms with Gasteiger partial charge in [-0.2, -0.15) is 0 Å². The van der Waals surface area contributed by atoms with Gasteiger partial charge in [-0.1, -0.05) is 20.3 Å². The fourth-order valence-electron chi connectivity index (χ4n) is 4.64. The van der Waals surface area contributed by atoms with Crippen LogP contribution in [0.15, 0.2) is 12.3 Å². The highest BCUT2D eigenvalue weighted by molar-refractivity contribution is 6.07. The predicted molar refractivity (Wildman–Crippen MR) is 107 cm³/mol. The van der Waals surface area contributed by atoms with Crippen molar-refractivity contribution in [2.45, 2.75) is 58.4 Å². The minimum Gasteiger partial charge on any atom is -0.341 e. The first kappa shape index (κ1) is 19.2. The first-order chi connectivity index (χ1) is 13.4. The van der Waals surface area contributed by atoms with Crippen LogP contribution < -0.4 is 4.90 Å². The summed E-state index contributed by atoms with van der Waals surface area (Å²) < 4.78 is 0. The minimum atomic E-state index is -0.689. The van der Waals surface area contributed by atoms with E-state index in [0.29, 0.717) is 56.8 Å². The van der Waals surface area contributed by atoms with Crippen molar-refractivity contribution < 1.29 is 9.59 Å². The summed E-state index contributed by atoms with van der Waals surface area (Å²) in [7, 11) is 0. The molecule has 1 spiro atoms. The molecule has 0 atom stereocenters. The van der Waals surface area contributed by atoms with E-state index in [1.54, 1.807) is 11.1 Å². The molecule has 0 aromatic carbocycles. The minimum absolute atomic E-state index is 0.0230. The molecule has 1 aromatic heterocycles. The second kappa shape index (κ2) is 7.33. The van der Waals surface area contributed by atoms with E-state index in [2.05, 4.69) is 28.7 Å². The Morgan fingerprint density at radius 3 is 2.50 bits per heavy atom. The molecular weight excluding hydrogens is 354 g/mol. The quantitative estimate of drug-likeness (QED) is 0.729. The van der Waals surface area contributed by atoms with E-state index in [1.165, 1.54) is 6.42 Å². The second-order valence-electron chi connectivity index (χ2n) is 9.02. The van der Waals surface area contributed by atoms with Crippen LogP contribution in [0.5, 0.6) is 0 Å². The van der Waals surface area contributed by atoms with Crippen LogP contribution in [0, 0.1) is 18.8 Å². The summed E-state index contributed by atoms with van der Waals surface area (Å²) in [6, 6.07) is 1.81. The fourth-order valence-corrected chi connectivity index (χ4v) is 4.64. The van der Waals surface area contributed by atoms with Crippen LogP contribution in [-0.2, 0) is 4.79 Å². The lowest BCUT2D eigenvalue weighted by atomic mass is 9.83. The van der Waals surface area contributed by atoms with Crippen LogP contribution >= 0.6 is 0 Å². The molecule has 28 heavy (non-hydrogen) atoms. The Morgan fingerprint density at radius 1 is 1.21 bits per heavy atom. The van der Waals surface area contributed by atoms with Gasteiger partial charge in [-0.3, -0.25) is 9.69 Å². The Balaban J connectivity index is 1.55. The second-order valence-corrected chi connectivity index (χ2v) is 9.02. The molecule has 2 saturated heterocycles. The molecule has 1 aliphatic carbocycles. The van der Waals surface area contributed by atoms with Gasteiger partial charge in [0.25, 0.3) is 5.91 Å². The van der Waals surface area contributed by atoms with Crippen molar-refractivity contribution >= 4 is 17.9 Å². The average molecular weight is 386 g/mol. The monoisotopic (exact) mass is 385 g/mol. The van der Waals surface area contributed by atoms with Crippen molar-refractivity contribution in [2.75, 3.05) is 31.1 Å². The highest BCUT2D eigenvalue weighted by atomic mass is 16.2. The summed E-state index contributed by atoms with van der Waals surface area (Å²) in [4.78, 5) is 41.2. The molecule has 1 saturated carbocycles. The van der Waals surface area contributed by atoms with Crippen LogP contribution in [0.4, 0.5) is 10.7 Å². The zero-order valence-corrected chi connectivity index (χ0v) is 17.2. The topological polar surface area (TPSA) is 69.6 Å². The Morgan fingerprint density at radius 2 is 1.93 bits per heavy atom. The number of piperidine rings is 1. The number of amides is 3.